The molecule has 0 aliphatic rings. The minimum absolute atomic E-state index is 0.124. The van der Waals surface area contributed by atoms with Gasteiger partial charge in [0.2, 0.25) is 0 Å². The lowest BCUT2D eigenvalue weighted by atomic mass is 10.1. The Hall–Kier alpha value is -2.79. The number of carbonyl (C=O) groups is 1. The lowest BCUT2D eigenvalue weighted by Crippen LogP contribution is -1.87. The van der Waals surface area contributed by atoms with Crippen LogP contribution in [-0.2, 0) is 4.79 Å². The molecule has 0 aliphatic carbocycles. The van der Waals surface area contributed by atoms with Crippen molar-refractivity contribution < 1.29 is 13.9 Å². The smallest absolute Gasteiger partial charge is 0.127 e. The Bertz CT molecular complexity index is 833. The zero-order valence-electron chi connectivity index (χ0n) is 32.1. The predicted molar refractivity (Wildman–Crippen MR) is 202 cm³/mol. The van der Waals surface area contributed by atoms with E-state index in [0.717, 1.165) is 29.1 Å². The number of carbonyl (C=O) groups excluding carboxylic acids is 1. The van der Waals surface area contributed by atoms with Crippen LogP contribution in [0.5, 0.6) is 5.75 Å². The third-order valence-corrected chi connectivity index (χ3v) is 4.70. The first-order valence-corrected chi connectivity index (χ1v) is 16.4. The molecule has 5 heteroatoms. The van der Waals surface area contributed by atoms with Crippen LogP contribution in [0.2, 0.25) is 0 Å². The molecule has 4 nitrogen and oxygen atoms in total. The number of hydrogen-bond acceptors (Lipinski definition) is 4. The first-order chi connectivity index (χ1) is 20.9. The Morgan fingerprint density at radius 2 is 1.23 bits per heavy atom. The van der Waals surface area contributed by atoms with E-state index in [1.54, 1.807) is 13.0 Å². The monoisotopic (exact) mass is 623 g/mol. The van der Waals surface area contributed by atoms with Gasteiger partial charge in [-0.25, -0.2) is 4.39 Å². The third-order valence-electron chi connectivity index (χ3n) is 4.70. The summed E-state index contributed by atoms with van der Waals surface area (Å²) in [6.07, 6.45) is 9.05. The number of benzene rings is 2. The van der Waals surface area contributed by atoms with Crippen LogP contribution < -0.4 is 10.5 Å². The fourth-order valence-corrected chi connectivity index (χ4v) is 2.19. The fraction of sp³-hybridized carbons (Fsp3) is 0.590. The first-order valence-electron chi connectivity index (χ1n) is 16.4. The van der Waals surface area contributed by atoms with Crippen LogP contribution in [-0.4, -0.2) is 26.6 Å². The van der Waals surface area contributed by atoms with E-state index in [4.69, 9.17) is 9.53 Å². The number of unbranched alkanes of at least 4 members (excludes halogenated alkanes) is 3. The number of rotatable bonds is 6. The molecule has 0 bridgehead atoms. The van der Waals surface area contributed by atoms with Crippen LogP contribution in [0.3, 0.4) is 0 Å². The van der Waals surface area contributed by atoms with Gasteiger partial charge in [0.15, 0.2) is 0 Å². The van der Waals surface area contributed by atoms with Crippen molar-refractivity contribution in [2.24, 2.45) is 10.7 Å². The van der Waals surface area contributed by atoms with Gasteiger partial charge in [-0.1, -0.05) is 137 Å². The number of hydrogen-bond donors (Lipinski definition) is 1. The number of nitrogens with zero attached hydrogens (tertiary/aromatic N) is 1. The van der Waals surface area contributed by atoms with Gasteiger partial charge in [-0.15, -0.1) is 0 Å². The molecule has 0 amide bonds. The molecule has 260 valence electrons. The number of ether oxygens (including phenoxy) is 1. The summed E-state index contributed by atoms with van der Waals surface area (Å²) in [6.45, 7) is 34.4. The predicted octanol–water partition coefficient (Wildman–Crippen LogP) is 12.7. The highest BCUT2D eigenvalue weighted by Gasteiger charge is 1.93. The van der Waals surface area contributed by atoms with Crippen LogP contribution in [0.25, 0.3) is 0 Å². The molecule has 0 saturated carbocycles. The molecular weight excluding hydrogens is 547 g/mol. The third kappa shape index (κ3) is 58.8. The SMILES string of the molecule is C=C(C)Oc1cccc(C)c1.C=O.CC.CCC.CCC(C)=NC.CCCC.CCCCC.CN.Cc1ccc(F)c(C)c1. The highest BCUT2D eigenvalue weighted by molar-refractivity contribution is 5.81. The Kier molecular flexibility index (Phi) is 68.3. The molecule has 2 aromatic rings. The zero-order chi connectivity index (χ0) is 36.4. The van der Waals surface area contributed by atoms with Gasteiger partial charge in [0.25, 0.3) is 0 Å². The minimum atomic E-state index is -0.124. The molecule has 0 unspecified atom stereocenters. The maximum Gasteiger partial charge on any atom is 0.127 e. The van der Waals surface area contributed by atoms with Crippen molar-refractivity contribution in [3.8, 4) is 5.75 Å². The van der Waals surface area contributed by atoms with Gasteiger partial charge in [0.05, 0.1) is 5.76 Å². The van der Waals surface area contributed by atoms with Crippen molar-refractivity contribution >= 4 is 12.5 Å². The first kappa shape index (κ1) is 56.9. The molecule has 2 rings (SSSR count). The van der Waals surface area contributed by atoms with Gasteiger partial charge < -0.3 is 15.3 Å². The summed E-state index contributed by atoms with van der Waals surface area (Å²) in [5.41, 5.74) is 8.74. The van der Waals surface area contributed by atoms with Crippen LogP contribution in [0.1, 0.15) is 138 Å². The van der Waals surface area contributed by atoms with E-state index in [0.29, 0.717) is 0 Å². The van der Waals surface area contributed by atoms with E-state index < -0.39 is 0 Å². The Morgan fingerprint density at radius 3 is 1.45 bits per heavy atom. The lowest BCUT2D eigenvalue weighted by Gasteiger charge is -2.03. The highest BCUT2D eigenvalue weighted by Crippen LogP contribution is 2.14. The van der Waals surface area contributed by atoms with E-state index in [2.05, 4.69) is 65.8 Å². The van der Waals surface area contributed by atoms with Crippen LogP contribution >= 0.6 is 0 Å². The van der Waals surface area contributed by atoms with Crippen LogP contribution in [0, 0.1) is 26.6 Å². The number of halogens is 1. The van der Waals surface area contributed by atoms with Gasteiger partial charge in [-0.05, 0) is 77.4 Å². The second kappa shape index (κ2) is 52.8. The van der Waals surface area contributed by atoms with Crippen LogP contribution in [0.15, 0.2) is 59.8 Å². The average molecular weight is 623 g/mol. The van der Waals surface area contributed by atoms with Crippen molar-refractivity contribution in [1.82, 2.24) is 0 Å². The minimum Gasteiger partial charge on any atom is -0.463 e. The van der Waals surface area contributed by atoms with Gasteiger partial charge in [0.1, 0.15) is 18.4 Å². The number of aryl methyl sites for hydroxylation is 3. The van der Waals surface area contributed by atoms with Crippen molar-refractivity contribution in [3.05, 3.63) is 77.3 Å². The molecule has 44 heavy (non-hydrogen) atoms. The number of nitrogens with two attached hydrogens (primary N) is 1. The molecule has 0 spiro atoms. The molecule has 2 aromatic carbocycles. The molecule has 0 heterocycles. The van der Waals surface area contributed by atoms with E-state index in [1.807, 2.05) is 85.7 Å². The second-order valence-corrected chi connectivity index (χ2v) is 9.25. The molecule has 0 saturated heterocycles. The van der Waals surface area contributed by atoms with Crippen LogP contribution in [0.4, 0.5) is 4.39 Å². The number of allylic oxidation sites excluding steroid dienone is 1. The maximum atomic E-state index is 12.5. The zero-order valence-corrected chi connectivity index (χ0v) is 32.1. The Balaban J connectivity index is -0.0000000755. The normalized spacial score (nSPS) is 8.36. The highest BCUT2D eigenvalue weighted by atomic mass is 19.1. The standard InChI is InChI=1S/C10H12O.C8H9F.C5H11N.C5H12.C4H10.C3H8.C2H6.CH5N.CH2O/c1-8(2)11-10-6-4-5-9(3)7-10;1-6-3-4-8(9)7(2)5-6;1-4-5(2)6-3;1-3-5-4-2;1-3-4-2;1-3-2;3*1-2/h4-7H,1H2,2-3H3;3-5H,1-2H3;4H2,1-3H3;3-5H2,1-2H3;3-4H2,1-2H3;3H2,1-2H3;1-2H3;2H2,1H3;1H2. The summed E-state index contributed by atoms with van der Waals surface area (Å²) in [5.74, 6) is 1.45. The quantitative estimate of drug-likeness (QED) is 0.257. The summed E-state index contributed by atoms with van der Waals surface area (Å²) in [4.78, 5) is 11.9. The van der Waals surface area contributed by atoms with E-state index in [1.165, 1.54) is 62.9 Å². The molecule has 0 aromatic heterocycles. The Morgan fingerprint density at radius 1 is 0.795 bits per heavy atom. The van der Waals surface area contributed by atoms with E-state index in [-0.39, 0.29) is 5.82 Å². The summed E-state index contributed by atoms with van der Waals surface area (Å²) in [5, 5.41) is 0. The maximum absolute atomic E-state index is 12.5. The van der Waals surface area contributed by atoms with Crippen molar-refractivity contribution in [2.45, 2.75) is 142 Å². The molecule has 0 aliphatic heterocycles. The summed E-state index contributed by atoms with van der Waals surface area (Å²) in [7, 11) is 3.32. The summed E-state index contributed by atoms with van der Waals surface area (Å²) < 4.78 is 17.8. The fourth-order valence-electron chi connectivity index (χ4n) is 2.19. The molecule has 0 fully saturated rings. The van der Waals surface area contributed by atoms with Gasteiger partial charge in [0, 0.05) is 12.8 Å². The molecule has 0 radical (unpaired) electrons. The topological polar surface area (TPSA) is 64.7 Å². The molecule has 2 N–H and O–H groups in total. The van der Waals surface area contributed by atoms with Gasteiger partial charge in [-0.2, -0.15) is 0 Å². The lowest BCUT2D eigenvalue weighted by molar-refractivity contribution is -0.0980. The average Bonchev–Trinajstić information content (AvgIpc) is 3.03. The largest absolute Gasteiger partial charge is 0.463 e. The van der Waals surface area contributed by atoms with E-state index in [9.17, 15) is 4.39 Å². The Labute approximate surface area is 275 Å². The van der Waals surface area contributed by atoms with Crippen molar-refractivity contribution in [3.63, 3.8) is 0 Å². The molecule has 0 atom stereocenters. The van der Waals surface area contributed by atoms with Crippen molar-refractivity contribution in [2.75, 3.05) is 14.1 Å². The number of aliphatic imine (C=N–C) groups is 1. The molecular formula is C39H75FN2O2. The van der Waals surface area contributed by atoms with Gasteiger partial charge in [-0.3, -0.25) is 4.99 Å². The van der Waals surface area contributed by atoms with Crippen molar-refractivity contribution in [1.29, 1.82) is 0 Å². The van der Waals surface area contributed by atoms with E-state index >= 15 is 0 Å². The summed E-state index contributed by atoms with van der Waals surface area (Å²) >= 11 is 0. The summed E-state index contributed by atoms with van der Waals surface area (Å²) in [6, 6.07) is 13.0. The second-order valence-electron chi connectivity index (χ2n) is 9.25. The van der Waals surface area contributed by atoms with Gasteiger partial charge >= 0.3 is 0 Å².